The van der Waals surface area contributed by atoms with Gasteiger partial charge in [-0.15, -0.1) is 0 Å². The van der Waals surface area contributed by atoms with Crippen molar-refractivity contribution in [1.82, 2.24) is 0 Å². The minimum atomic E-state index is -1.000. The topological polar surface area (TPSA) is 26.3 Å². The van der Waals surface area contributed by atoms with E-state index in [1.165, 1.54) is 0 Å². The second-order valence-corrected chi connectivity index (χ2v) is 2.70. The van der Waals surface area contributed by atoms with E-state index in [0.717, 1.165) is 13.0 Å². The van der Waals surface area contributed by atoms with Crippen molar-refractivity contribution in [3.8, 4) is 5.75 Å². The van der Waals surface area contributed by atoms with E-state index >= 15 is 0 Å². The highest BCUT2D eigenvalue weighted by molar-refractivity contribution is 6.32. The van der Waals surface area contributed by atoms with Gasteiger partial charge in [0, 0.05) is 13.0 Å². The van der Waals surface area contributed by atoms with Crippen molar-refractivity contribution in [3.05, 3.63) is 28.8 Å². The summed E-state index contributed by atoms with van der Waals surface area (Å²) in [7, 11) is 0. The zero-order valence-electron chi connectivity index (χ0n) is 6.61. The van der Waals surface area contributed by atoms with Crippen molar-refractivity contribution in [2.45, 2.75) is 6.92 Å². The first kappa shape index (κ1) is 9.92. The fourth-order valence-corrected chi connectivity index (χ4v) is 1.00. The van der Waals surface area contributed by atoms with E-state index in [1.54, 1.807) is 0 Å². The molecule has 13 heavy (non-hydrogen) atoms. The average molecular weight is 207 g/mol. The van der Waals surface area contributed by atoms with Gasteiger partial charge in [0.1, 0.15) is 5.82 Å². The molecule has 0 amide bonds. The lowest BCUT2D eigenvalue weighted by molar-refractivity contribution is -0.132. The lowest BCUT2D eigenvalue weighted by Gasteiger charge is -2.04. The maximum atomic E-state index is 12.9. The summed E-state index contributed by atoms with van der Waals surface area (Å²) in [6.45, 7) is 1.10. The lowest BCUT2D eigenvalue weighted by atomic mass is 10.3. The Hall–Kier alpha value is -1.16. The Balaban J connectivity index is 3.13. The van der Waals surface area contributed by atoms with Crippen LogP contribution in [0.15, 0.2) is 12.1 Å². The molecular formula is C8H5ClF2O2. The second-order valence-electron chi connectivity index (χ2n) is 2.29. The van der Waals surface area contributed by atoms with Gasteiger partial charge in [-0.25, -0.2) is 8.78 Å². The summed E-state index contributed by atoms with van der Waals surface area (Å²) in [6.07, 6.45) is 0. The molecule has 1 rings (SSSR count). The van der Waals surface area contributed by atoms with Crippen molar-refractivity contribution in [1.29, 1.82) is 0 Å². The number of halogens is 3. The van der Waals surface area contributed by atoms with Gasteiger partial charge in [0.25, 0.3) is 0 Å². The van der Waals surface area contributed by atoms with Crippen molar-refractivity contribution in [2.75, 3.05) is 0 Å². The molecule has 0 aromatic heterocycles. The number of rotatable bonds is 1. The average Bonchev–Trinajstić information content (AvgIpc) is 1.96. The third-order valence-electron chi connectivity index (χ3n) is 1.21. The number of carbonyl (C=O) groups is 1. The number of carbonyl (C=O) groups excluding carboxylic acids is 1. The molecule has 2 nitrogen and oxygen atoms in total. The van der Waals surface area contributed by atoms with E-state index in [1.807, 2.05) is 0 Å². The van der Waals surface area contributed by atoms with Crippen molar-refractivity contribution in [3.63, 3.8) is 0 Å². The van der Waals surface area contributed by atoms with Crippen LogP contribution in [0.3, 0.4) is 0 Å². The monoisotopic (exact) mass is 206 g/mol. The van der Waals surface area contributed by atoms with Crippen LogP contribution in [0.5, 0.6) is 5.75 Å². The fraction of sp³-hybridized carbons (Fsp3) is 0.125. The van der Waals surface area contributed by atoms with Crippen LogP contribution in [0.4, 0.5) is 8.78 Å². The second kappa shape index (κ2) is 3.70. The first-order valence-corrected chi connectivity index (χ1v) is 3.71. The minimum Gasteiger partial charge on any atom is -0.422 e. The van der Waals surface area contributed by atoms with Crippen molar-refractivity contribution in [2.24, 2.45) is 0 Å². The van der Waals surface area contributed by atoms with E-state index in [4.69, 9.17) is 11.6 Å². The third-order valence-corrected chi connectivity index (χ3v) is 1.49. The number of esters is 1. The van der Waals surface area contributed by atoms with E-state index in [-0.39, 0.29) is 5.02 Å². The quantitative estimate of drug-likeness (QED) is 0.521. The highest BCUT2D eigenvalue weighted by Gasteiger charge is 2.12. The molecule has 0 bridgehead atoms. The van der Waals surface area contributed by atoms with Gasteiger partial charge in [-0.1, -0.05) is 11.6 Å². The standard InChI is InChI=1S/C8H5ClF2O2/c1-4(12)13-8-6(9)2-5(10)3-7(8)11/h2-3H,1H3. The molecule has 0 heterocycles. The molecule has 0 N–H and O–H groups in total. The van der Waals surface area contributed by atoms with Gasteiger partial charge >= 0.3 is 5.97 Å². The molecule has 0 aliphatic rings. The molecule has 1 aromatic carbocycles. The highest BCUT2D eigenvalue weighted by Crippen LogP contribution is 2.28. The summed E-state index contributed by atoms with van der Waals surface area (Å²) in [4.78, 5) is 10.5. The van der Waals surface area contributed by atoms with E-state index < -0.39 is 23.4 Å². The van der Waals surface area contributed by atoms with Crippen molar-refractivity contribution < 1.29 is 18.3 Å². The van der Waals surface area contributed by atoms with E-state index in [2.05, 4.69) is 4.74 Å². The minimum absolute atomic E-state index is 0.271. The normalized spacial score (nSPS) is 9.85. The van der Waals surface area contributed by atoms with Crippen LogP contribution in [0, 0.1) is 11.6 Å². The predicted molar refractivity (Wildman–Crippen MR) is 42.7 cm³/mol. The van der Waals surface area contributed by atoms with Gasteiger partial charge < -0.3 is 4.74 Å². The first-order valence-electron chi connectivity index (χ1n) is 3.33. The van der Waals surface area contributed by atoms with Crippen LogP contribution in [0.1, 0.15) is 6.92 Å². The molecule has 0 aliphatic carbocycles. The Morgan fingerprint density at radius 2 is 2.08 bits per heavy atom. The Kier molecular flexibility index (Phi) is 2.83. The summed E-state index contributed by atoms with van der Waals surface area (Å²) in [5.74, 6) is -2.98. The highest BCUT2D eigenvalue weighted by atomic mass is 35.5. The molecule has 0 unspecified atom stereocenters. The summed E-state index contributed by atoms with van der Waals surface area (Å²) in [5.41, 5.74) is 0. The van der Waals surface area contributed by atoms with Gasteiger partial charge in [0.2, 0.25) is 0 Å². The molecule has 5 heteroatoms. The molecule has 0 fully saturated rings. The van der Waals surface area contributed by atoms with Crippen molar-refractivity contribution >= 4 is 17.6 Å². The Morgan fingerprint density at radius 1 is 1.46 bits per heavy atom. The predicted octanol–water partition coefficient (Wildman–Crippen LogP) is 2.54. The Morgan fingerprint density at radius 3 is 2.54 bits per heavy atom. The van der Waals surface area contributed by atoms with Crippen LogP contribution in [-0.2, 0) is 4.79 Å². The molecule has 0 atom stereocenters. The molecule has 0 saturated heterocycles. The van der Waals surface area contributed by atoms with Gasteiger partial charge in [0.05, 0.1) is 5.02 Å². The van der Waals surface area contributed by atoms with Gasteiger partial charge in [-0.3, -0.25) is 4.79 Å². The summed E-state index contributed by atoms with van der Waals surface area (Å²) < 4.78 is 29.8. The molecule has 1 aromatic rings. The maximum Gasteiger partial charge on any atom is 0.308 e. The van der Waals surface area contributed by atoms with E-state index in [0.29, 0.717) is 6.07 Å². The van der Waals surface area contributed by atoms with Crippen LogP contribution in [0.25, 0.3) is 0 Å². The summed E-state index contributed by atoms with van der Waals surface area (Å²) in [6, 6.07) is 1.45. The van der Waals surface area contributed by atoms with Gasteiger partial charge in [-0.05, 0) is 6.07 Å². The van der Waals surface area contributed by atoms with Crippen LogP contribution < -0.4 is 4.74 Å². The molecule has 0 saturated carbocycles. The molecular weight excluding hydrogens is 202 g/mol. The summed E-state index contributed by atoms with van der Waals surface area (Å²) in [5, 5.41) is -0.271. The smallest absolute Gasteiger partial charge is 0.308 e. The lowest BCUT2D eigenvalue weighted by Crippen LogP contribution is -2.04. The van der Waals surface area contributed by atoms with E-state index in [9.17, 15) is 13.6 Å². The van der Waals surface area contributed by atoms with Crippen LogP contribution >= 0.6 is 11.6 Å². The van der Waals surface area contributed by atoms with Crippen LogP contribution in [0.2, 0.25) is 5.02 Å². The van der Waals surface area contributed by atoms with Crippen LogP contribution in [-0.4, -0.2) is 5.97 Å². The number of hydrogen-bond donors (Lipinski definition) is 0. The maximum absolute atomic E-state index is 12.9. The molecule has 0 aliphatic heterocycles. The molecule has 70 valence electrons. The number of ether oxygens (including phenoxy) is 1. The first-order chi connectivity index (χ1) is 6.00. The SMILES string of the molecule is CC(=O)Oc1c(F)cc(F)cc1Cl. The zero-order chi connectivity index (χ0) is 10.0. The van der Waals surface area contributed by atoms with Gasteiger partial charge in [-0.2, -0.15) is 0 Å². The summed E-state index contributed by atoms with van der Waals surface area (Å²) >= 11 is 5.42. The molecule has 0 spiro atoms. The van der Waals surface area contributed by atoms with Gasteiger partial charge in [0.15, 0.2) is 11.6 Å². The largest absolute Gasteiger partial charge is 0.422 e. The number of benzene rings is 1. The molecule has 0 radical (unpaired) electrons. The fourth-order valence-electron chi connectivity index (χ4n) is 0.770. The Bertz CT molecular complexity index is 329. The number of hydrogen-bond acceptors (Lipinski definition) is 2. The third kappa shape index (κ3) is 2.39. The Labute approximate surface area is 78.1 Å². The zero-order valence-corrected chi connectivity index (χ0v) is 7.36.